The van der Waals surface area contributed by atoms with E-state index in [0.717, 1.165) is 22.4 Å². The maximum atomic E-state index is 12.9. The van der Waals surface area contributed by atoms with Crippen LogP contribution in [0.2, 0.25) is 0 Å². The van der Waals surface area contributed by atoms with Gasteiger partial charge in [-0.15, -0.1) is 16.4 Å². The molecule has 1 aromatic carbocycles. The molecule has 0 bridgehead atoms. The third-order valence-corrected chi connectivity index (χ3v) is 6.85. The van der Waals surface area contributed by atoms with Crippen molar-refractivity contribution >= 4 is 28.7 Å². The van der Waals surface area contributed by atoms with Gasteiger partial charge in [0.2, 0.25) is 12.4 Å². The Bertz CT molecular complexity index is 1240. The summed E-state index contributed by atoms with van der Waals surface area (Å²) in [5.41, 5.74) is 1.90. The highest BCUT2D eigenvalue weighted by atomic mass is 32.1. The number of aromatic amines is 1. The first-order chi connectivity index (χ1) is 17.8. The molecule has 1 aliphatic heterocycles. The molecule has 3 aromatic rings. The minimum Gasteiger partial charge on any atom is -0.395 e. The molecule has 0 unspecified atom stereocenters. The predicted molar refractivity (Wildman–Crippen MR) is 141 cm³/mol. The van der Waals surface area contributed by atoms with Gasteiger partial charge in [-0.25, -0.2) is 19.9 Å². The van der Waals surface area contributed by atoms with E-state index in [1.54, 1.807) is 11.3 Å². The Morgan fingerprint density at radius 1 is 1.14 bits per heavy atom. The number of hydrogen-bond donors (Lipinski definition) is 2. The number of aryl methyl sites for hydroxylation is 1. The molecule has 1 saturated carbocycles. The zero-order chi connectivity index (χ0) is 26.8. The Balaban J connectivity index is 0.000000412. The number of benzene rings is 1. The highest BCUT2D eigenvalue weighted by molar-refractivity contribution is 7.15. The molecular formula is C25H31F3N6O2S. The van der Waals surface area contributed by atoms with Gasteiger partial charge in [0.1, 0.15) is 5.71 Å². The molecule has 12 heteroatoms. The van der Waals surface area contributed by atoms with Crippen LogP contribution in [0.25, 0.3) is 10.4 Å². The number of aliphatic imine (C=N–C) groups is 2. The van der Waals surface area contributed by atoms with Gasteiger partial charge in [-0.1, -0.05) is 39.2 Å². The monoisotopic (exact) mass is 536 g/mol. The van der Waals surface area contributed by atoms with Crippen LogP contribution in [0.3, 0.4) is 0 Å². The number of thiazole rings is 1. The summed E-state index contributed by atoms with van der Waals surface area (Å²) in [6.45, 7) is 6.05. The highest BCUT2D eigenvalue weighted by Crippen LogP contribution is 2.38. The summed E-state index contributed by atoms with van der Waals surface area (Å²) < 4.78 is 42.9. The van der Waals surface area contributed by atoms with Crippen LogP contribution in [0.15, 0.2) is 50.0 Å². The average molecular weight is 537 g/mol. The molecule has 2 aliphatic rings. The maximum Gasteiger partial charge on any atom is 0.434 e. The number of nitrogens with one attached hydrogen (secondary N) is 2. The van der Waals surface area contributed by atoms with E-state index in [4.69, 9.17) is 0 Å². The second-order valence-electron chi connectivity index (χ2n) is 8.37. The SMILES string of the molecule is CC.Cc1cc(NC2=NCCC(C(F)(F)F)=N2)cc(-c2cnc(C3CCCCC3)s2)c1.O=c1[nH]nco1. The molecule has 0 spiro atoms. The highest BCUT2D eigenvalue weighted by Gasteiger charge is 2.36. The number of nitrogens with zero attached hydrogens (tertiary/aromatic N) is 4. The molecule has 3 heterocycles. The van der Waals surface area contributed by atoms with E-state index in [9.17, 15) is 18.0 Å². The van der Waals surface area contributed by atoms with Crippen molar-refractivity contribution in [2.24, 2.45) is 9.98 Å². The molecule has 37 heavy (non-hydrogen) atoms. The molecule has 0 saturated heterocycles. The van der Waals surface area contributed by atoms with Crippen molar-refractivity contribution < 1.29 is 17.6 Å². The molecule has 1 aliphatic carbocycles. The Hall–Kier alpha value is -3.28. The first-order valence-electron chi connectivity index (χ1n) is 12.3. The lowest BCUT2D eigenvalue weighted by molar-refractivity contribution is -0.0603. The average Bonchev–Trinajstić information content (AvgIpc) is 3.58. The van der Waals surface area contributed by atoms with E-state index in [1.165, 1.54) is 37.1 Å². The summed E-state index contributed by atoms with van der Waals surface area (Å²) in [5.74, 6) is 0.0407. The maximum absolute atomic E-state index is 12.9. The topological polar surface area (TPSA) is 109 Å². The first-order valence-corrected chi connectivity index (χ1v) is 13.1. The Labute approximate surface area is 217 Å². The van der Waals surface area contributed by atoms with E-state index in [0.29, 0.717) is 11.6 Å². The largest absolute Gasteiger partial charge is 0.434 e. The second kappa shape index (κ2) is 13.3. The third kappa shape index (κ3) is 8.38. The summed E-state index contributed by atoms with van der Waals surface area (Å²) in [4.78, 5) is 23.3. The zero-order valence-corrected chi connectivity index (χ0v) is 21.9. The van der Waals surface area contributed by atoms with E-state index in [2.05, 4.69) is 35.9 Å². The van der Waals surface area contributed by atoms with E-state index >= 15 is 0 Å². The molecule has 200 valence electrons. The normalized spacial score (nSPS) is 15.9. The Morgan fingerprint density at radius 3 is 2.51 bits per heavy atom. The van der Waals surface area contributed by atoms with Crippen molar-refractivity contribution in [3.8, 4) is 10.4 Å². The molecule has 0 atom stereocenters. The molecular weight excluding hydrogens is 505 g/mol. The van der Waals surface area contributed by atoms with Crippen LogP contribution in [0, 0.1) is 6.92 Å². The number of hydrogen-bond acceptors (Lipinski definition) is 8. The van der Waals surface area contributed by atoms with Crippen LogP contribution in [0.5, 0.6) is 0 Å². The third-order valence-electron chi connectivity index (χ3n) is 5.64. The van der Waals surface area contributed by atoms with E-state index in [1.807, 2.05) is 44.2 Å². The summed E-state index contributed by atoms with van der Waals surface area (Å²) >= 11 is 1.71. The van der Waals surface area contributed by atoms with Crippen molar-refractivity contribution in [2.45, 2.75) is 71.4 Å². The van der Waals surface area contributed by atoms with Crippen LogP contribution in [0.1, 0.15) is 68.9 Å². The standard InChI is InChI=1S/C21H23F3N4S.C2H2N2O2.C2H6/c1-13-9-15(17-12-26-19(29-17)14-5-3-2-4-6-14)11-16(10-13)27-20-25-8-7-18(28-20)21(22,23)24;5-2-4-3-1-6-2;1-2/h9-12,14H,2-8H2,1H3,(H,25,27);1H,(H,4,5);1-2H3. The molecule has 1 fully saturated rings. The molecule has 2 N–H and O–H groups in total. The number of guanidine groups is 1. The summed E-state index contributed by atoms with van der Waals surface area (Å²) in [7, 11) is 0. The lowest BCUT2D eigenvalue weighted by Crippen LogP contribution is -2.29. The van der Waals surface area contributed by atoms with Gasteiger partial charge in [-0.3, -0.25) is 4.99 Å². The van der Waals surface area contributed by atoms with Crippen LogP contribution >= 0.6 is 11.3 Å². The Morgan fingerprint density at radius 2 is 1.89 bits per heavy atom. The van der Waals surface area contributed by atoms with Gasteiger partial charge >= 0.3 is 11.9 Å². The van der Waals surface area contributed by atoms with Gasteiger partial charge in [0.15, 0.2) is 0 Å². The van der Waals surface area contributed by atoms with Gasteiger partial charge in [-0.2, -0.15) is 13.2 Å². The van der Waals surface area contributed by atoms with E-state index in [-0.39, 0.29) is 18.9 Å². The van der Waals surface area contributed by atoms with Gasteiger partial charge in [0.05, 0.1) is 9.88 Å². The van der Waals surface area contributed by atoms with E-state index < -0.39 is 17.6 Å². The second-order valence-corrected chi connectivity index (χ2v) is 9.44. The fourth-order valence-corrected chi connectivity index (χ4v) is 5.10. The van der Waals surface area contributed by atoms with Gasteiger partial charge in [0.25, 0.3) is 0 Å². The van der Waals surface area contributed by atoms with Crippen molar-refractivity contribution in [1.29, 1.82) is 0 Å². The molecule has 0 amide bonds. The quantitative estimate of drug-likeness (QED) is 0.386. The molecule has 0 radical (unpaired) electrons. The van der Waals surface area contributed by atoms with Gasteiger partial charge in [-0.05, 0) is 43.0 Å². The summed E-state index contributed by atoms with van der Waals surface area (Å²) in [6.07, 6.45) is 4.59. The Kier molecular flexibility index (Phi) is 10.2. The van der Waals surface area contributed by atoms with Gasteiger partial charge < -0.3 is 9.73 Å². The number of alkyl halides is 3. The number of H-pyrrole nitrogens is 1. The van der Waals surface area contributed by atoms with Crippen LogP contribution in [-0.4, -0.2) is 39.6 Å². The first kappa shape index (κ1) is 28.3. The van der Waals surface area contributed by atoms with Crippen molar-refractivity contribution in [3.63, 3.8) is 0 Å². The minimum absolute atomic E-state index is 0.00678. The number of halogens is 3. The lowest BCUT2D eigenvalue weighted by Gasteiger charge is -2.18. The summed E-state index contributed by atoms with van der Waals surface area (Å²) in [6, 6.07) is 5.87. The van der Waals surface area contributed by atoms with Crippen LogP contribution in [0.4, 0.5) is 18.9 Å². The van der Waals surface area contributed by atoms with Crippen LogP contribution in [-0.2, 0) is 0 Å². The smallest absolute Gasteiger partial charge is 0.395 e. The van der Waals surface area contributed by atoms with Crippen LogP contribution < -0.4 is 11.1 Å². The zero-order valence-electron chi connectivity index (χ0n) is 21.1. The van der Waals surface area contributed by atoms with Crippen molar-refractivity contribution in [1.82, 2.24) is 15.2 Å². The predicted octanol–water partition coefficient (Wildman–Crippen LogP) is 6.73. The number of aromatic nitrogens is 3. The van der Waals surface area contributed by atoms with Crippen molar-refractivity contribution in [3.05, 3.63) is 51.9 Å². The van der Waals surface area contributed by atoms with Crippen molar-refractivity contribution in [2.75, 3.05) is 11.9 Å². The number of rotatable bonds is 3. The van der Waals surface area contributed by atoms with Gasteiger partial charge in [0, 0.05) is 30.8 Å². The lowest BCUT2D eigenvalue weighted by atomic mass is 9.90. The molecule has 5 rings (SSSR count). The fourth-order valence-electron chi connectivity index (χ4n) is 4.03. The molecule has 2 aromatic heterocycles. The molecule has 8 nitrogen and oxygen atoms in total. The summed E-state index contributed by atoms with van der Waals surface area (Å²) in [5, 5.41) is 9.38. The number of anilines is 1. The fraction of sp³-hybridized carbons (Fsp3) is 0.480. The minimum atomic E-state index is -4.42.